The lowest BCUT2D eigenvalue weighted by Crippen LogP contribution is -2.14. The standard InChI is InChI=1S/C12H19N3O2/c1-9(6-7-13)4-5-11(17)15-12-10(16)3-2-8-14-12/h2-3,8-9,16H,4-7,13H2,1H3,(H,14,15,17). The van der Waals surface area contributed by atoms with Gasteiger partial charge in [-0.25, -0.2) is 4.98 Å². The molecule has 0 aromatic carbocycles. The normalized spacial score (nSPS) is 12.1. The summed E-state index contributed by atoms with van der Waals surface area (Å²) in [6.07, 6.45) is 3.64. The number of nitrogens with one attached hydrogen (secondary N) is 1. The highest BCUT2D eigenvalue weighted by atomic mass is 16.3. The molecular formula is C12H19N3O2. The maximum absolute atomic E-state index is 11.6. The van der Waals surface area contributed by atoms with Crippen molar-refractivity contribution in [3.63, 3.8) is 0 Å². The van der Waals surface area contributed by atoms with Gasteiger partial charge in [-0.3, -0.25) is 4.79 Å². The lowest BCUT2D eigenvalue weighted by Gasteiger charge is -2.10. The van der Waals surface area contributed by atoms with Gasteiger partial charge in [-0.05, 0) is 37.4 Å². The van der Waals surface area contributed by atoms with Crippen molar-refractivity contribution >= 4 is 11.7 Å². The lowest BCUT2D eigenvalue weighted by molar-refractivity contribution is -0.116. The Morgan fingerprint density at radius 1 is 1.59 bits per heavy atom. The van der Waals surface area contributed by atoms with Crippen LogP contribution in [0.15, 0.2) is 18.3 Å². The van der Waals surface area contributed by atoms with E-state index < -0.39 is 0 Å². The van der Waals surface area contributed by atoms with E-state index in [1.54, 1.807) is 6.07 Å². The third-order valence-electron chi connectivity index (χ3n) is 2.57. The molecule has 0 spiro atoms. The molecule has 0 bridgehead atoms. The van der Waals surface area contributed by atoms with Gasteiger partial charge in [-0.1, -0.05) is 6.92 Å². The van der Waals surface area contributed by atoms with Gasteiger partial charge in [0.2, 0.25) is 5.91 Å². The third kappa shape index (κ3) is 4.82. The zero-order valence-electron chi connectivity index (χ0n) is 10.0. The van der Waals surface area contributed by atoms with Crippen molar-refractivity contribution < 1.29 is 9.90 Å². The van der Waals surface area contributed by atoms with Gasteiger partial charge in [0.25, 0.3) is 0 Å². The van der Waals surface area contributed by atoms with Crippen molar-refractivity contribution in [3.05, 3.63) is 18.3 Å². The molecule has 0 saturated heterocycles. The topological polar surface area (TPSA) is 88.2 Å². The molecule has 4 N–H and O–H groups in total. The molecule has 0 fully saturated rings. The summed E-state index contributed by atoms with van der Waals surface area (Å²) in [6, 6.07) is 3.09. The maximum Gasteiger partial charge on any atom is 0.225 e. The number of hydrogen-bond acceptors (Lipinski definition) is 4. The van der Waals surface area contributed by atoms with Crippen LogP contribution in [0.3, 0.4) is 0 Å². The van der Waals surface area contributed by atoms with Crippen LogP contribution in [0.1, 0.15) is 26.2 Å². The number of amides is 1. The average Bonchev–Trinajstić information content (AvgIpc) is 2.30. The van der Waals surface area contributed by atoms with Crippen LogP contribution in [0.2, 0.25) is 0 Å². The first-order chi connectivity index (χ1) is 8.13. The van der Waals surface area contributed by atoms with E-state index in [0.29, 0.717) is 18.9 Å². The van der Waals surface area contributed by atoms with Crippen LogP contribution in [-0.2, 0) is 4.79 Å². The Morgan fingerprint density at radius 3 is 3.00 bits per heavy atom. The van der Waals surface area contributed by atoms with E-state index in [9.17, 15) is 9.90 Å². The number of hydrogen-bond donors (Lipinski definition) is 3. The summed E-state index contributed by atoms with van der Waals surface area (Å²) in [5, 5.41) is 12.0. The van der Waals surface area contributed by atoms with Crippen LogP contribution < -0.4 is 11.1 Å². The van der Waals surface area contributed by atoms with Crippen molar-refractivity contribution in [2.24, 2.45) is 11.7 Å². The molecule has 1 amide bonds. The first-order valence-corrected chi connectivity index (χ1v) is 5.77. The molecule has 17 heavy (non-hydrogen) atoms. The predicted molar refractivity (Wildman–Crippen MR) is 66.6 cm³/mol. The lowest BCUT2D eigenvalue weighted by atomic mass is 10.0. The highest BCUT2D eigenvalue weighted by Gasteiger charge is 2.09. The highest BCUT2D eigenvalue weighted by Crippen LogP contribution is 2.19. The molecule has 1 heterocycles. The first-order valence-electron chi connectivity index (χ1n) is 5.77. The quantitative estimate of drug-likeness (QED) is 0.699. The Balaban J connectivity index is 2.37. The second kappa shape index (κ2) is 6.85. The second-order valence-corrected chi connectivity index (χ2v) is 4.14. The van der Waals surface area contributed by atoms with Gasteiger partial charge >= 0.3 is 0 Å². The SMILES string of the molecule is CC(CCN)CCC(=O)Nc1ncccc1O. The van der Waals surface area contributed by atoms with Crippen LogP contribution in [0.5, 0.6) is 5.75 Å². The number of rotatable bonds is 6. The predicted octanol–water partition coefficient (Wildman–Crippen LogP) is 1.49. The number of aromatic hydroxyl groups is 1. The summed E-state index contributed by atoms with van der Waals surface area (Å²) >= 11 is 0. The minimum atomic E-state index is -0.136. The fraction of sp³-hybridized carbons (Fsp3) is 0.500. The third-order valence-corrected chi connectivity index (χ3v) is 2.57. The number of carbonyl (C=O) groups excluding carboxylic acids is 1. The molecule has 0 saturated carbocycles. The van der Waals surface area contributed by atoms with Crippen LogP contribution in [0.4, 0.5) is 5.82 Å². The summed E-state index contributed by atoms with van der Waals surface area (Å²) in [5.74, 6) is 0.491. The molecule has 0 aliphatic rings. The summed E-state index contributed by atoms with van der Waals surface area (Å²) in [5.41, 5.74) is 5.44. The molecule has 1 aromatic rings. The highest BCUT2D eigenvalue weighted by molar-refractivity contribution is 5.90. The van der Waals surface area contributed by atoms with E-state index in [0.717, 1.165) is 12.8 Å². The number of nitrogens with zero attached hydrogens (tertiary/aromatic N) is 1. The molecule has 0 radical (unpaired) electrons. The van der Waals surface area contributed by atoms with Crippen molar-refractivity contribution in [1.82, 2.24) is 4.98 Å². The van der Waals surface area contributed by atoms with Crippen molar-refractivity contribution in [2.75, 3.05) is 11.9 Å². The number of nitrogens with two attached hydrogens (primary N) is 1. The molecule has 1 unspecified atom stereocenters. The molecule has 0 aliphatic carbocycles. The summed E-state index contributed by atoms with van der Waals surface area (Å²) in [6.45, 7) is 2.71. The smallest absolute Gasteiger partial charge is 0.225 e. The van der Waals surface area contributed by atoms with Gasteiger partial charge in [-0.15, -0.1) is 0 Å². The minimum Gasteiger partial charge on any atom is -0.504 e. The van der Waals surface area contributed by atoms with Crippen LogP contribution in [0.25, 0.3) is 0 Å². The van der Waals surface area contributed by atoms with Gasteiger partial charge < -0.3 is 16.2 Å². The van der Waals surface area contributed by atoms with E-state index in [4.69, 9.17) is 5.73 Å². The van der Waals surface area contributed by atoms with E-state index in [1.165, 1.54) is 12.3 Å². The monoisotopic (exact) mass is 237 g/mol. The van der Waals surface area contributed by atoms with Gasteiger partial charge in [0.1, 0.15) is 0 Å². The van der Waals surface area contributed by atoms with Gasteiger partial charge in [0, 0.05) is 12.6 Å². The molecule has 1 aromatic heterocycles. The summed E-state index contributed by atoms with van der Waals surface area (Å²) < 4.78 is 0. The van der Waals surface area contributed by atoms with E-state index in [1.807, 2.05) is 0 Å². The summed E-state index contributed by atoms with van der Waals surface area (Å²) in [4.78, 5) is 15.5. The number of aromatic nitrogens is 1. The first kappa shape index (κ1) is 13.4. The van der Waals surface area contributed by atoms with Crippen molar-refractivity contribution in [1.29, 1.82) is 0 Å². The fourth-order valence-electron chi connectivity index (χ4n) is 1.49. The molecule has 0 aliphatic heterocycles. The minimum absolute atomic E-state index is 0.0177. The largest absolute Gasteiger partial charge is 0.504 e. The molecule has 5 heteroatoms. The number of anilines is 1. The molecule has 5 nitrogen and oxygen atoms in total. The van der Waals surface area contributed by atoms with E-state index in [2.05, 4.69) is 17.2 Å². The van der Waals surface area contributed by atoms with Crippen LogP contribution >= 0.6 is 0 Å². The molecule has 94 valence electrons. The maximum atomic E-state index is 11.6. The van der Waals surface area contributed by atoms with Gasteiger partial charge in [0.05, 0.1) is 0 Å². The van der Waals surface area contributed by atoms with Crippen LogP contribution in [0, 0.1) is 5.92 Å². The molecule has 1 atom stereocenters. The van der Waals surface area contributed by atoms with Crippen LogP contribution in [-0.4, -0.2) is 22.5 Å². The number of pyridine rings is 1. The fourth-order valence-corrected chi connectivity index (χ4v) is 1.49. The second-order valence-electron chi connectivity index (χ2n) is 4.14. The average molecular weight is 237 g/mol. The van der Waals surface area contributed by atoms with E-state index >= 15 is 0 Å². The van der Waals surface area contributed by atoms with Gasteiger partial charge in [0.15, 0.2) is 11.6 Å². The van der Waals surface area contributed by atoms with Gasteiger partial charge in [-0.2, -0.15) is 0 Å². The van der Waals surface area contributed by atoms with E-state index in [-0.39, 0.29) is 17.5 Å². The Kier molecular flexibility index (Phi) is 5.42. The Morgan fingerprint density at radius 2 is 2.35 bits per heavy atom. The molecular weight excluding hydrogens is 218 g/mol. The molecule has 1 rings (SSSR count). The number of carbonyl (C=O) groups is 1. The summed E-state index contributed by atoms with van der Waals surface area (Å²) in [7, 11) is 0. The zero-order chi connectivity index (χ0) is 12.7. The van der Waals surface area contributed by atoms with Crippen molar-refractivity contribution in [3.8, 4) is 5.75 Å². The zero-order valence-corrected chi connectivity index (χ0v) is 10.0. The Bertz CT molecular complexity index is 369. The Labute approximate surface area is 101 Å². The Hall–Kier alpha value is -1.62. The van der Waals surface area contributed by atoms with Crippen molar-refractivity contribution in [2.45, 2.75) is 26.2 Å².